The van der Waals surface area contributed by atoms with Gasteiger partial charge in [0, 0.05) is 24.5 Å². The zero-order valence-electron chi connectivity index (χ0n) is 18.2. The maximum atomic E-state index is 13.1. The first-order valence-corrected chi connectivity index (χ1v) is 11.6. The molecule has 0 radical (unpaired) electrons. The van der Waals surface area contributed by atoms with Crippen molar-refractivity contribution >= 4 is 32.7 Å². The molecule has 34 heavy (non-hydrogen) atoms. The standard InChI is InChI=1S/C21H21F3N4O5S/c1-31-17-11-15-16(12-18(17)32-2)25-20(28-6-8-33-9-7-28)26-19(15)27-34(29,30)14-5-3-4-13(10-14)21(22,23)24/h3-5,10-12H,6-9H2,1-2H3,(H,25,26,27). The predicted molar refractivity (Wildman–Crippen MR) is 118 cm³/mol. The van der Waals surface area contributed by atoms with Crippen LogP contribution >= 0.6 is 0 Å². The topological polar surface area (TPSA) is 103 Å². The average Bonchev–Trinajstić information content (AvgIpc) is 2.83. The Morgan fingerprint density at radius 2 is 1.71 bits per heavy atom. The predicted octanol–water partition coefficient (Wildman–Crippen LogP) is 3.30. The lowest BCUT2D eigenvalue weighted by Crippen LogP contribution is -2.37. The third-order valence-corrected chi connectivity index (χ3v) is 6.52. The number of ether oxygens (including phenoxy) is 3. The highest BCUT2D eigenvalue weighted by molar-refractivity contribution is 7.92. The number of hydrogen-bond acceptors (Lipinski definition) is 8. The Morgan fingerprint density at radius 1 is 1.03 bits per heavy atom. The molecule has 3 aromatic rings. The van der Waals surface area contributed by atoms with Gasteiger partial charge in [-0.15, -0.1) is 0 Å². The van der Waals surface area contributed by atoms with Gasteiger partial charge >= 0.3 is 6.18 Å². The van der Waals surface area contributed by atoms with Crippen molar-refractivity contribution in [3.63, 3.8) is 0 Å². The number of aromatic nitrogens is 2. The van der Waals surface area contributed by atoms with Crippen molar-refractivity contribution in [1.82, 2.24) is 9.97 Å². The summed E-state index contributed by atoms with van der Waals surface area (Å²) in [6, 6.07) is 6.55. The first-order valence-electron chi connectivity index (χ1n) is 10.1. The number of benzene rings is 2. The molecular weight excluding hydrogens is 477 g/mol. The van der Waals surface area contributed by atoms with Crippen LogP contribution < -0.4 is 19.1 Å². The van der Waals surface area contributed by atoms with E-state index in [1.54, 1.807) is 6.07 Å². The van der Waals surface area contributed by atoms with Crippen LogP contribution in [-0.2, 0) is 20.9 Å². The van der Waals surface area contributed by atoms with Gasteiger partial charge in [-0.2, -0.15) is 18.2 Å². The molecule has 0 saturated carbocycles. The molecule has 1 fully saturated rings. The minimum Gasteiger partial charge on any atom is -0.493 e. The molecule has 0 bridgehead atoms. The van der Waals surface area contributed by atoms with Crippen LogP contribution in [0.4, 0.5) is 24.9 Å². The van der Waals surface area contributed by atoms with Gasteiger partial charge in [0.25, 0.3) is 10.0 Å². The number of methoxy groups -OCH3 is 2. The number of sulfonamides is 1. The summed E-state index contributed by atoms with van der Waals surface area (Å²) < 4.78 is 83.8. The minimum absolute atomic E-state index is 0.107. The van der Waals surface area contributed by atoms with Gasteiger partial charge in [0.15, 0.2) is 17.3 Å². The summed E-state index contributed by atoms with van der Waals surface area (Å²) in [6.07, 6.45) is -4.69. The van der Waals surface area contributed by atoms with Crippen LogP contribution in [0.25, 0.3) is 10.9 Å². The number of rotatable bonds is 6. The van der Waals surface area contributed by atoms with Gasteiger partial charge in [-0.3, -0.25) is 4.72 Å². The Kier molecular flexibility index (Phi) is 6.41. The number of halogens is 3. The molecule has 1 saturated heterocycles. The second kappa shape index (κ2) is 9.14. The highest BCUT2D eigenvalue weighted by atomic mass is 32.2. The third kappa shape index (κ3) is 4.80. The molecule has 0 spiro atoms. The molecule has 0 atom stereocenters. The molecule has 4 rings (SSSR count). The molecule has 0 unspecified atom stereocenters. The van der Waals surface area contributed by atoms with Crippen molar-refractivity contribution < 1.29 is 35.8 Å². The van der Waals surface area contributed by atoms with Gasteiger partial charge in [0.2, 0.25) is 5.95 Å². The molecule has 1 aromatic heterocycles. The first kappa shape index (κ1) is 23.8. The van der Waals surface area contributed by atoms with Crippen molar-refractivity contribution in [3.05, 3.63) is 42.0 Å². The van der Waals surface area contributed by atoms with Gasteiger partial charge in [-0.05, 0) is 24.3 Å². The van der Waals surface area contributed by atoms with Crippen molar-refractivity contribution in [2.45, 2.75) is 11.1 Å². The maximum absolute atomic E-state index is 13.1. The molecule has 1 aliphatic heterocycles. The fraction of sp³-hybridized carbons (Fsp3) is 0.333. The number of anilines is 2. The van der Waals surface area contributed by atoms with Gasteiger partial charge in [0.1, 0.15) is 0 Å². The molecule has 182 valence electrons. The summed E-state index contributed by atoms with van der Waals surface area (Å²) in [5.74, 6) is 0.806. The van der Waals surface area contributed by atoms with E-state index in [-0.39, 0.29) is 17.2 Å². The molecule has 0 amide bonds. The molecule has 13 heteroatoms. The maximum Gasteiger partial charge on any atom is 0.416 e. The number of nitrogens with zero attached hydrogens (tertiary/aromatic N) is 3. The number of morpholine rings is 1. The van der Waals surface area contributed by atoms with Gasteiger partial charge in [-0.25, -0.2) is 13.4 Å². The van der Waals surface area contributed by atoms with E-state index in [1.807, 2.05) is 4.90 Å². The van der Waals surface area contributed by atoms with E-state index >= 15 is 0 Å². The van der Waals surface area contributed by atoms with Crippen LogP contribution in [0, 0.1) is 0 Å². The van der Waals surface area contributed by atoms with E-state index in [0.717, 1.165) is 18.2 Å². The zero-order chi connectivity index (χ0) is 24.5. The summed E-state index contributed by atoms with van der Waals surface area (Å²) in [4.78, 5) is 10.2. The lowest BCUT2D eigenvalue weighted by Gasteiger charge is -2.27. The van der Waals surface area contributed by atoms with Crippen molar-refractivity contribution in [2.24, 2.45) is 0 Å². The number of alkyl halides is 3. The molecule has 0 aliphatic carbocycles. The summed E-state index contributed by atoms with van der Waals surface area (Å²) in [5.41, 5.74) is -0.723. The van der Waals surface area contributed by atoms with Crippen LogP contribution in [0.2, 0.25) is 0 Å². The quantitative estimate of drug-likeness (QED) is 0.552. The van der Waals surface area contributed by atoms with E-state index < -0.39 is 26.7 Å². The Balaban J connectivity index is 1.84. The summed E-state index contributed by atoms with van der Waals surface area (Å²) in [6.45, 7) is 1.86. The second-order valence-corrected chi connectivity index (χ2v) is 9.01. The number of hydrogen-bond donors (Lipinski definition) is 1. The number of nitrogens with one attached hydrogen (secondary N) is 1. The van der Waals surface area contributed by atoms with E-state index in [1.165, 1.54) is 20.3 Å². The first-order chi connectivity index (χ1) is 16.1. The largest absolute Gasteiger partial charge is 0.493 e. The molecular formula is C21H21F3N4O5S. The van der Waals surface area contributed by atoms with Crippen LogP contribution in [0.3, 0.4) is 0 Å². The SMILES string of the molecule is COc1cc2nc(N3CCOCC3)nc(NS(=O)(=O)c3cccc(C(F)(F)F)c3)c2cc1OC. The third-order valence-electron chi connectivity index (χ3n) is 5.19. The Labute approximate surface area is 193 Å². The van der Waals surface area contributed by atoms with Crippen LogP contribution in [0.1, 0.15) is 5.56 Å². The zero-order valence-corrected chi connectivity index (χ0v) is 19.0. The molecule has 2 heterocycles. The summed E-state index contributed by atoms with van der Waals surface area (Å²) in [7, 11) is -1.56. The smallest absolute Gasteiger partial charge is 0.416 e. The molecule has 1 N–H and O–H groups in total. The van der Waals surface area contributed by atoms with Crippen molar-refractivity contribution in [2.75, 3.05) is 50.1 Å². The fourth-order valence-corrected chi connectivity index (χ4v) is 4.52. The van der Waals surface area contributed by atoms with Crippen LogP contribution in [0.15, 0.2) is 41.3 Å². The number of fused-ring (bicyclic) bond motifs is 1. The van der Waals surface area contributed by atoms with Crippen molar-refractivity contribution in [1.29, 1.82) is 0 Å². The van der Waals surface area contributed by atoms with Gasteiger partial charge in [-0.1, -0.05) is 6.07 Å². The lowest BCUT2D eigenvalue weighted by atomic mass is 10.2. The Bertz CT molecular complexity index is 1310. The summed E-state index contributed by atoms with van der Waals surface area (Å²) in [5, 5.41) is 0.283. The van der Waals surface area contributed by atoms with Crippen LogP contribution in [-0.4, -0.2) is 58.9 Å². The lowest BCUT2D eigenvalue weighted by molar-refractivity contribution is -0.137. The van der Waals surface area contributed by atoms with E-state index in [2.05, 4.69) is 14.7 Å². The second-order valence-electron chi connectivity index (χ2n) is 7.33. The normalized spacial score (nSPS) is 14.8. The molecule has 9 nitrogen and oxygen atoms in total. The average molecular weight is 498 g/mol. The minimum atomic E-state index is -4.69. The fourth-order valence-electron chi connectivity index (χ4n) is 3.45. The Morgan fingerprint density at radius 3 is 2.35 bits per heavy atom. The van der Waals surface area contributed by atoms with E-state index in [0.29, 0.717) is 49.4 Å². The van der Waals surface area contributed by atoms with Crippen LogP contribution in [0.5, 0.6) is 11.5 Å². The highest BCUT2D eigenvalue weighted by Gasteiger charge is 2.32. The summed E-state index contributed by atoms with van der Waals surface area (Å²) >= 11 is 0. The molecule has 2 aromatic carbocycles. The van der Waals surface area contributed by atoms with E-state index in [4.69, 9.17) is 14.2 Å². The molecule has 1 aliphatic rings. The monoisotopic (exact) mass is 498 g/mol. The van der Waals surface area contributed by atoms with Gasteiger partial charge < -0.3 is 19.1 Å². The Hall–Kier alpha value is -3.32. The highest BCUT2D eigenvalue weighted by Crippen LogP contribution is 2.36. The van der Waals surface area contributed by atoms with Crippen molar-refractivity contribution in [3.8, 4) is 11.5 Å². The van der Waals surface area contributed by atoms with E-state index in [9.17, 15) is 21.6 Å². The van der Waals surface area contributed by atoms with Gasteiger partial charge in [0.05, 0.1) is 43.4 Å².